The van der Waals surface area contributed by atoms with E-state index in [2.05, 4.69) is 0 Å². The van der Waals surface area contributed by atoms with Gasteiger partial charge < -0.3 is 20.1 Å². The minimum atomic E-state index is -0.341. The monoisotopic (exact) mass is 262 g/mol. The van der Waals surface area contributed by atoms with E-state index in [0.717, 1.165) is 0 Å². The van der Waals surface area contributed by atoms with Gasteiger partial charge in [0.05, 0.1) is 11.6 Å². The number of hydrogen-bond donors (Lipinski definition) is 2. The molecule has 0 saturated carbocycles. The summed E-state index contributed by atoms with van der Waals surface area (Å²) in [6.45, 7) is 5.96. The summed E-state index contributed by atoms with van der Waals surface area (Å²) in [7, 11) is 0. The third kappa shape index (κ3) is 2.23. The van der Waals surface area contributed by atoms with Crippen LogP contribution in [0.15, 0.2) is 23.0 Å². The van der Waals surface area contributed by atoms with Crippen molar-refractivity contribution < 1.29 is 9.84 Å². The van der Waals surface area contributed by atoms with Crippen LogP contribution >= 0.6 is 0 Å². The number of nitrogens with two attached hydrogens (primary N) is 1. The SMILES string of the molecule is CCn1c(=O)c(OC(C)C)c(O)c2ccc(N)cc21. The third-order valence-electron chi connectivity index (χ3n) is 2.89. The van der Waals surface area contributed by atoms with Crippen LogP contribution in [-0.4, -0.2) is 15.8 Å². The highest BCUT2D eigenvalue weighted by Crippen LogP contribution is 2.32. The van der Waals surface area contributed by atoms with E-state index in [4.69, 9.17) is 10.5 Å². The van der Waals surface area contributed by atoms with Gasteiger partial charge in [0.1, 0.15) is 0 Å². The normalized spacial score (nSPS) is 11.2. The molecule has 102 valence electrons. The molecule has 1 aromatic carbocycles. The van der Waals surface area contributed by atoms with E-state index in [1.807, 2.05) is 20.8 Å². The van der Waals surface area contributed by atoms with Gasteiger partial charge in [0.25, 0.3) is 5.56 Å². The fourth-order valence-corrected chi connectivity index (χ4v) is 2.08. The maximum absolute atomic E-state index is 12.3. The first kappa shape index (κ1) is 13.3. The van der Waals surface area contributed by atoms with Gasteiger partial charge in [0, 0.05) is 17.6 Å². The molecule has 2 rings (SSSR count). The number of aryl methyl sites for hydroxylation is 1. The topological polar surface area (TPSA) is 77.5 Å². The van der Waals surface area contributed by atoms with E-state index < -0.39 is 0 Å². The van der Waals surface area contributed by atoms with Gasteiger partial charge in [0.15, 0.2) is 5.75 Å². The number of nitrogen functional groups attached to an aromatic ring is 1. The number of aromatic nitrogens is 1. The maximum atomic E-state index is 12.3. The standard InChI is InChI=1S/C14H18N2O3/c1-4-16-11-7-9(15)5-6-10(11)12(17)13(14(16)18)19-8(2)3/h5-8,17H,4,15H2,1-3H3. The molecule has 0 aliphatic heterocycles. The molecule has 0 amide bonds. The number of fused-ring (bicyclic) bond motifs is 1. The quantitative estimate of drug-likeness (QED) is 0.830. The van der Waals surface area contributed by atoms with Crippen LogP contribution in [0.1, 0.15) is 20.8 Å². The lowest BCUT2D eigenvalue weighted by Gasteiger charge is -2.16. The Kier molecular flexibility index (Phi) is 3.38. The van der Waals surface area contributed by atoms with Crippen LogP contribution in [-0.2, 0) is 6.54 Å². The maximum Gasteiger partial charge on any atom is 0.297 e. The third-order valence-corrected chi connectivity index (χ3v) is 2.89. The van der Waals surface area contributed by atoms with E-state index in [1.165, 1.54) is 0 Å². The Labute approximate surface area is 111 Å². The zero-order chi connectivity index (χ0) is 14.2. The molecular formula is C14H18N2O3. The summed E-state index contributed by atoms with van der Waals surface area (Å²) >= 11 is 0. The fourth-order valence-electron chi connectivity index (χ4n) is 2.08. The Morgan fingerprint density at radius 2 is 2.11 bits per heavy atom. The Morgan fingerprint density at radius 1 is 1.42 bits per heavy atom. The predicted molar refractivity (Wildman–Crippen MR) is 75.7 cm³/mol. The lowest BCUT2D eigenvalue weighted by atomic mass is 10.1. The van der Waals surface area contributed by atoms with Crippen LogP contribution in [0.25, 0.3) is 10.9 Å². The molecule has 0 radical (unpaired) electrons. The van der Waals surface area contributed by atoms with Crippen LogP contribution in [0.3, 0.4) is 0 Å². The number of aromatic hydroxyl groups is 1. The molecule has 0 bridgehead atoms. The van der Waals surface area contributed by atoms with Gasteiger partial charge in [-0.15, -0.1) is 0 Å². The van der Waals surface area contributed by atoms with Crippen molar-refractivity contribution in [3.63, 3.8) is 0 Å². The Hall–Kier alpha value is -2.17. The minimum absolute atomic E-state index is 0.00544. The number of anilines is 1. The minimum Gasteiger partial charge on any atom is -0.504 e. The number of nitrogens with zero attached hydrogens (tertiary/aromatic N) is 1. The van der Waals surface area contributed by atoms with Crippen molar-refractivity contribution >= 4 is 16.6 Å². The average molecular weight is 262 g/mol. The molecule has 0 saturated heterocycles. The van der Waals surface area contributed by atoms with Gasteiger partial charge in [-0.25, -0.2) is 0 Å². The summed E-state index contributed by atoms with van der Waals surface area (Å²) in [6, 6.07) is 5.06. The molecule has 5 nitrogen and oxygen atoms in total. The molecule has 0 spiro atoms. The summed E-state index contributed by atoms with van der Waals surface area (Å²) in [5, 5.41) is 10.8. The molecule has 0 aliphatic carbocycles. The van der Waals surface area contributed by atoms with Crippen molar-refractivity contribution in [2.45, 2.75) is 33.4 Å². The first-order valence-corrected chi connectivity index (χ1v) is 6.27. The van der Waals surface area contributed by atoms with Crippen LogP contribution in [0.5, 0.6) is 11.5 Å². The summed E-state index contributed by atoms with van der Waals surface area (Å²) in [5.74, 6) is -0.132. The lowest BCUT2D eigenvalue weighted by molar-refractivity contribution is 0.227. The van der Waals surface area contributed by atoms with Crippen molar-refractivity contribution in [3.05, 3.63) is 28.6 Å². The summed E-state index contributed by atoms with van der Waals surface area (Å²) in [5.41, 5.74) is 6.56. The van der Waals surface area contributed by atoms with Crippen molar-refractivity contribution in [1.82, 2.24) is 4.57 Å². The first-order chi connectivity index (χ1) is 8.95. The van der Waals surface area contributed by atoms with Crippen LogP contribution < -0.4 is 16.0 Å². The zero-order valence-electron chi connectivity index (χ0n) is 11.3. The van der Waals surface area contributed by atoms with Crippen molar-refractivity contribution in [2.75, 3.05) is 5.73 Å². The first-order valence-electron chi connectivity index (χ1n) is 6.27. The number of rotatable bonds is 3. The van der Waals surface area contributed by atoms with Crippen LogP contribution in [0.4, 0.5) is 5.69 Å². The average Bonchev–Trinajstić information content (AvgIpc) is 2.34. The molecule has 2 aromatic rings. The van der Waals surface area contributed by atoms with Gasteiger partial charge in [0.2, 0.25) is 5.75 Å². The van der Waals surface area contributed by atoms with Gasteiger partial charge in [-0.1, -0.05) is 0 Å². The van der Waals surface area contributed by atoms with Crippen molar-refractivity contribution in [2.24, 2.45) is 0 Å². The molecular weight excluding hydrogens is 244 g/mol. The van der Waals surface area contributed by atoms with E-state index in [9.17, 15) is 9.90 Å². The van der Waals surface area contributed by atoms with Gasteiger partial charge in [-0.2, -0.15) is 0 Å². The lowest BCUT2D eigenvalue weighted by Crippen LogP contribution is -2.24. The number of hydrogen-bond acceptors (Lipinski definition) is 4. The molecule has 19 heavy (non-hydrogen) atoms. The van der Waals surface area contributed by atoms with E-state index in [0.29, 0.717) is 23.1 Å². The molecule has 0 aliphatic rings. The second-order valence-electron chi connectivity index (χ2n) is 4.67. The Morgan fingerprint density at radius 3 is 2.68 bits per heavy atom. The van der Waals surface area contributed by atoms with E-state index in [1.54, 1.807) is 22.8 Å². The Balaban J connectivity index is 2.86. The van der Waals surface area contributed by atoms with Gasteiger partial charge in [-0.3, -0.25) is 4.79 Å². The highest BCUT2D eigenvalue weighted by molar-refractivity contribution is 5.89. The molecule has 3 N–H and O–H groups in total. The predicted octanol–water partition coefficient (Wildman–Crippen LogP) is 2.10. The summed E-state index contributed by atoms with van der Waals surface area (Å²) in [4.78, 5) is 12.3. The molecule has 1 aromatic heterocycles. The molecule has 0 fully saturated rings. The zero-order valence-corrected chi connectivity index (χ0v) is 11.3. The fraction of sp³-hybridized carbons (Fsp3) is 0.357. The van der Waals surface area contributed by atoms with E-state index in [-0.39, 0.29) is 23.2 Å². The Bertz CT molecular complexity index is 674. The van der Waals surface area contributed by atoms with Crippen LogP contribution in [0, 0.1) is 0 Å². The van der Waals surface area contributed by atoms with Gasteiger partial charge >= 0.3 is 0 Å². The largest absolute Gasteiger partial charge is 0.504 e. The molecule has 0 atom stereocenters. The smallest absolute Gasteiger partial charge is 0.297 e. The molecule has 5 heteroatoms. The second kappa shape index (κ2) is 4.84. The van der Waals surface area contributed by atoms with Gasteiger partial charge in [-0.05, 0) is 39.0 Å². The van der Waals surface area contributed by atoms with Crippen molar-refractivity contribution in [3.8, 4) is 11.5 Å². The molecule has 0 unspecified atom stereocenters. The van der Waals surface area contributed by atoms with Crippen LogP contribution in [0.2, 0.25) is 0 Å². The summed E-state index contributed by atoms with van der Waals surface area (Å²) in [6.07, 6.45) is -0.185. The second-order valence-corrected chi connectivity index (χ2v) is 4.67. The number of benzene rings is 1. The van der Waals surface area contributed by atoms with Crippen molar-refractivity contribution in [1.29, 1.82) is 0 Å². The molecule has 1 heterocycles. The summed E-state index contributed by atoms with van der Waals surface area (Å²) < 4.78 is 6.99. The highest BCUT2D eigenvalue weighted by atomic mass is 16.5. The number of ether oxygens (including phenoxy) is 1. The van der Waals surface area contributed by atoms with E-state index >= 15 is 0 Å². The highest BCUT2D eigenvalue weighted by Gasteiger charge is 2.17. The number of pyridine rings is 1.